The lowest BCUT2D eigenvalue weighted by atomic mass is 10.0. The summed E-state index contributed by atoms with van der Waals surface area (Å²) in [6, 6.07) is -0.386. The second-order valence-corrected chi connectivity index (χ2v) is 9.41. The lowest BCUT2D eigenvalue weighted by Gasteiger charge is -2.33. The number of pyridine rings is 1. The molecule has 39 heavy (non-hydrogen) atoms. The van der Waals surface area contributed by atoms with Crippen molar-refractivity contribution in [2.24, 2.45) is 5.73 Å². The van der Waals surface area contributed by atoms with E-state index in [1.54, 1.807) is 9.47 Å². The molecule has 1 aromatic carbocycles. The largest absolute Gasteiger partial charge is 0.492 e. The molecule has 1 atom stereocenters. The van der Waals surface area contributed by atoms with E-state index < -0.39 is 59.5 Å². The summed E-state index contributed by atoms with van der Waals surface area (Å²) in [4.78, 5) is 48.8. The molecule has 0 radical (unpaired) electrons. The highest BCUT2D eigenvalue weighted by atomic mass is 35.5. The van der Waals surface area contributed by atoms with Crippen molar-refractivity contribution in [2.75, 3.05) is 31.6 Å². The fourth-order valence-electron chi connectivity index (χ4n) is 4.71. The van der Waals surface area contributed by atoms with Crippen LogP contribution >= 0.6 is 12.4 Å². The number of carboxylic acid groups (broad SMARTS) is 2. The number of nitrogens with one attached hydrogen (secondary N) is 1. The van der Waals surface area contributed by atoms with Gasteiger partial charge in [0.15, 0.2) is 11.6 Å². The molecule has 212 valence electrons. The summed E-state index contributed by atoms with van der Waals surface area (Å²) >= 11 is 0. The Morgan fingerprint density at radius 3 is 2.56 bits per heavy atom. The van der Waals surface area contributed by atoms with E-state index >= 15 is 8.78 Å². The molecule has 1 amide bonds. The number of fused-ring (bicyclic) bond motifs is 1. The van der Waals surface area contributed by atoms with Crippen LogP contribution in [0.3, 0.4) is 0 Å². The van der Waals surface area contributed by atoms with Gasteiger partial charge in [-0.25, -0.2) is 13.6 Å². The number of halogens is 3. The van der Waals surface area contributed by atoms with Crippen LogP contribution in [0.5, 0.6) is 5.75 Å². The standard InChI is InChI=1S/C25H28F2N4O7.ClH/c1-38-23-20-14(22(34)15(25(36)37)11-31(20)13-4-5-13)7-16(26)21(23)30-6-2-3-12(10-30)17(27)9-29-24(35)18(28)8-19(32)33;/h7,11,13,18H,2-6,8-10,28H2,1H3,(H,29,35)(H,32,33)(H,36,37);1H/b17-12+;/t18-;/m0./s1. The number of methoxy groups -OCH3 is 1. The Labute approximate surface area is 227 Å². The minimum Gasteiger partial charge on any atom is -0.492 e. The number of anilines is 1. The predicted molar refractivity (Wildman–Crippen MR) is 140 cm³/mol. The molecule has 4 rings (SSSR count). The number of piperidine rings is 1. The van der Waals surface area contributed by atoms with Crippen LogP contribution in [0.4, 0.5) is 14.5 Å². The first-order chi connectivity index (χ1) is 18.0. The van der Waals surface area contributed by atoms with Gasteiger partial charge in [0.25, 0.3) is 0 Å². The highest BCUT2D eigenvalue weighted by Gasteiger charge is 2.32. The number of benzene rings is 1. The lowest BCUT2D eigenvalue weighted by Crippen LogP contribution is -2.42. The van der Waals surface area contributed by atoms with Crippen LogP contribution in [0.1, 0.15) is 48.5 Å². The molecule has 2 aromatic rings. The molecule has 2 heterocycles. The van der Waals surface area contributed by atoms with Gasteiger partial charge in [0.1, 0.15) is 17.1 Å². The molecule has 1 saturated heterocycles. The van der Waals surface area contributed by atoms with Crippen molar-refractivity contribution in [3.8, 4) is 5.75 Å². The van der Waals surface area contributed by atoms with Gasteiger partial charge in [0.05, 0.1) is 37.0 Å². The monoisotopic (exact) mass is 570 g/mol. The number of aliphatic carboxylic acids is 1. The van der Waals surface area contributed by atoms with Gasteiger partial charge in [0.2, 0.25) is 11.3 Å². The molecule has 0 bridgehead atoms. The van der Waals surface area contributed by atoms with Gasteiger partial charge < -0.3 is 35.5 Å². The van der Waals surface area contributed by atoms with Gasteiger partial charge in [-0.15, -0.1) is 12.4 Å². The number of hydrogen-bond acceptors (Lipinski definition) is 7. The van der Waals surface area contributed by atoms with Gasteiger partial charge in [-0.3, -0.25) is 14.4 Å². The normalized spacial score (nSPS) is 17.3. The predicted octanol–water partition coefficient (Wildman–Crippen LogP) is 2.35. The van der Waals surface area contributed by atoms with Crippen LogP contribution in [0, 0.1) is 5.82 Å². The molecule has 1 aromatic heterocycles. The first-order valence-corrected chi connectivity index (χ1v) is 12.1. The van der Waals surface area contributed by atoms with Crippen molar-refractivity contribution in [1.82, 2.24) is 9.88 Å². The third kappa shape index (κ3) is 6.14. The summed E-state index contributed by atoms with van der Waals surface area (Å²) in [5, 5.41) is 20.4. The third-order valence-electron chi connectivity index (χ3n) is 6.71. The topological polar surface area (TPSA) is 164 Å². The number of carbonyl (C=O) groups excluding carboxylic acids is 1. The van der Waals surface area contributed by atoms with E-state index in [4.69, 9.17) is 15.6 Å². The molecule has 1 aliphatic heterocycles. The number of rotatable bonds is 9. The van der Waals surface area contributed by atoms with E-state index in [1.165, 1.54) is 13.3 Å². The molecule has 1 aliphatic carbocycles. The number of carboxylic acids is 2. The number of aromatic carboxylic acids is 1. The summed E-state index contributed by atoms with van der Waals surface area (Å²) in [5.41, 5.74) is 4.82. The van der Waals surface area contributed by atoms with Crippen LogP contribution < -0.4 is 26.1 Å². The number of nitrogens with zero attached hydrogens (tertiary/aromatic N) is 2. The van der Waals surface area contributed by atoms with Crippen LogP contribution in [-0.2, 0) is 9.59 Å². The maximum atomic E-state index is 15.5. The fourth-order valence-corrected chi connectivity index (χ4v) is 4.71. The SMILES string of the molecule is COc1c(N2CCC/C(=C(\F)CNC(=O)[C@@H](N)CC(=O)O)C2)c(F)cc2c(=O)c(C(=O)O)cn(C3CC3)c12.Cl. The van der Waals surface area contributed by atoms with Crippen molar-refractivity contribution >= 4 is 46.8 Å². The van der Waals surface area contributed by atoms with Crippen LogP contribution in [0.15, 0.2) is 28.5 Å². The zero-order valence-electron chi connectivity index (χ0n) is 21.0. The quantitative estimate of drug-likeness (QED) is 0.354. The van der Waals surface area contributed by atoms with E-state index in [9.17, 15) is 24.3 Å². The van der Waals surface area contributed by atoms with Gasteiger partial charge in [-0.05, 0) is 37.3 Å². The van der Waals surface area contributed by atoms with E-state index in [0.29, 0.717) is 25.0 Å². The maximum Gasteiger partial charge on any atom is 0.341 e. The number of aromatic nitrogens is 1. The summed E-state index contributed by atoms with van der Waals surface area (Å²) in [5.74, 6) is -4.89. The van der Waals surface area contributed by atoms with Gasteiger partial charge in [-0.2, -0.15) is 0 Å². The van der Waals surface area contributed by atoms with Crippen molar-refractivity contribution in [3.63, 3.8) is 0 Å². The smallest absolute Gasteiger partial charge is 0.341 e. The molecule has 2 aliphatic rings. The van der Waals surface area contributed by atoms with Gasteiger partial charge in [0, 0.05) is 25.3 Å². The fraction of sp³-hybridized carbons (Fsp3) is 0.440. The van der Waals surface area contributed by atoms with Crippen molar-refractivity contribution in [2.45, 2.75) is 44.2 Å². The number of nitrogens with two attached hydrogens (primary N) is 1. The van der Waals surface area contributed by atoms with E-state index in [-0.39, 0.29) is 47.3 Å². The summed E-state index contributed by atoms with van der Waals surface area (Å²) in [6.45, 7) is -0.166. The van der Waals surface area contributed by atoms with E-state index in [2.05, 4.69) is 5.32 Å². The molecule has 0 spiro atoms. The second-order valence-electron chi connectivity index (χ2n) is 9.41. The van der Waals surface area contributed by atoms with E-state index in [1.807, 2.05) is 0 Å². The number of amides is 1. The zero-order valence-corrected chi connectivity index (χ0v) is 21.9. The molecule has 1 saturated carbocycles. The van der Waals surface area contributed by atoms with Crippen LogP contribution in [-0.4, -0.2) is 65.4 Å². The summed E-state index contributed by atoms with van der Waals surface area (Å²) < 4.78 is 37.8. The molecule has 2 fully saturated rings. The highest BCUT2D eigenvalue weighted by molar-refractivity contribution is 5.97. The third-order valence-corrected chi connectivity index (χ3v) is 6.71. The molecule has 5 N–H and O–H groups in total. The number of carbonyl (C=O) groups is 3. The molecule has 11 nitrogen and oxygen atoms in total. The van der Waals surface area contributed by atoms with Gasteiger partial charge >= 0.3 is 11.9 Å². The lowest BCUT2D eigenvalue weighted by molar-refractivity contribution is -0.139. The summed E-state index contributed by atoms with van der Waals surface area (Å²) in [7, 11) is 1.32. The minimum atomic E-state index is -1.41. The number of hydrogen-bond donors (Lipinski definition) is 4. The average Bonchev–Trinajstić information content (AvgIpc) is 3.71. The first kappa shape index (κ1) is 29.8. The van der Waals surface area contributed by atoms with Crippen LogP contribution in [0.25, 0.3) is 10.9 Å². The van der Waals surface area contributed by atoms with Crippen molar-refractivity contribution < 1.29 is 38.1 Å². The molecular weight excluding hydrogens is 542 g/mol. The molecule has 14 heteroatoms. The van der Waals surface area contributed by atoms with Crippen molar-refractivity contribution in [1.29, 1.82) is 0 Å². The Bertz CT molecular complexity index is 1410. The number of ether oxygens (including phenoxy) is 1. The Balaban J connectivity index is 0.00000420. The highest BCUT2D eigenvalue weighted by Crippen LogP contribution is 2.44. The van der Waals surface area contributed by atoms with Gasteiger partial charge in [-0.1, -0.05) is 0 Å². The van der Waals surface area contributed by atoms with Crippen molar-refractivity contribution in [3.05, 3.63) is 45.3 Å². The Morgan fingerprint density at radius 1 is 1.28 bits per heavy atom. The van der Waals surface area contributed by atoms with Crippen LogP contribution in [0.2, 0.25) is 0 Å². The first-order valence-electron chi connectivity index (χ1n) is 12.1. The molecular formula is C25H29ClF2N4O7. The zero-order chi connectivity index (χ0) is 27.7. The Hall–Kier alpha value is -3.71. The van der Waals surface area contributed by atoms with E-state index in [0.717, 1.165) is 18.9 Å². The average molecular weight is 571 g/mol. The Morgan fingerprint density at radius 2 is 1.97 bits per heavy atom. The molecule has 0 unspecified atom stereocenters. The summed E-state index contributed by atoms with van der Waals surface area (Å²) in [6.07, 6.45) is 2.99. The Kier molecular flexibility index (Phi) is 9.18. The maximum absolute atomic E-state index is 15.5. The minimum absolute atomic E-state index is 0. The second kappa shape index (κ2) is 12.0.